The van der Waals surface area contributed by atoms with E-state index in [9.17, 15) is 9.59 Å². The van der Waals surface area contributed by atoms with E-state index in [0.717, 1.165) is 23.9 Å². The highest BCUT2D eigenvalue weighted by atomic mass is 79.9. The van der Waals surface area contributed by atoms with Gasteiger partial charge >= 0.3 is 5.97 Å². The van der Waals surface area contributed by atoms with Gasteiger partial charge in [0.05, 0.1) is 19.1 Å². The number of halogens is 1. The minimum absolute atomic E-state index is 0.0544. The van der Waals surface area contributed by atoms with Crippen LogP contribution in [0.4, 0.5) is 0 Å². The molecule has 0 aliphatic carbocycles. The van der Waals surface area contributed by atoms with Crippen LogP contribution in [0.2, 0.25) is 0 Å². The van der Waals surface area contributed by atoms with Crippen molar-refractivity contribution in [1.29, 1.82) is 0 Å². The van der Waals surface area contributed by atoms with E-state index in [-0.39, 0.29) is 17.8 Å². The first-order chi connectivity index (χ1) is 12.6. The highest BCUT2D eigenvalue weighted by Gasteiger charge is 2.32. The standard InChI is InChI=1S/C20H27BrN2O3/c1-2-26-20(25)16-9-12-22(13-10-16)19(24)14-23-11-3-4-18(23)15-5-7-17(21)8-6-15/h5-8,16,18H,2-4,9-14H2,1H3. The third-order valence-corrected chi connectivity index (χ3v) is 5.95. The lowest BCUT2D eigenvalue weighted by molar-refractivity contribution is -0.151. The quantitative estimate of drug-likeness (QED) is 0.682. The Morgan fingerprint density at radius 3 is 2.46 bits per heavy atom. The van der Waals surface area contributed by atoms with Gasteiger partial charge < -0.3 is 9.64 Å². The molecule has 6 heteroatoms. The number of rotatable bonds is 5. The van der Waals surface area contributed by atoms with Gasteiger partial charge in [0, 0.05) is 23.6 Å². The molecule has 1 aromatic carbocycles. The number of ether oxygens (including phenoxy) is 1. The van der Waals surface area contributed by atoms with E-state index in [0.29, 0.717) is 45.1 Å². The maximum atomic E-state index is 12.7. The minimum atomic E-state index is -0.116. The normalized spacial score (nSPS) is 21.8. The maximum absolute atomic E-state index is 12.7. The third-order valence-electron chi connectivity index (χ3n) is 5.42. The van der Waals surface area contributed by atoms with E-state index in [4.69, 9.17) is 4.74 Å². The predicted molar refractivity (Wildman–Crippen MR) is 104 cm³/mol. The van der Waals surface area contributed by atoms with Crippen LogP contribution in [-0.4, -0.2) is 54.5 Å². The van der Waals surface area contributed by atoms with E-state index in [2.05, 4.69) is 45.1 Å². The van der Waals surface area contributed by atoms with Crippen molar-refractivity contribution in [3.63, 3.8) is 0 Å². The summed E-state index contributed by atoms with van der Waals surface area (Å²) in [4.78, 5) is 28.8. The fraction of sp³-hybridized carbons (Fsp3) is 0.600. The summed E-state index contributed by atoms with van der Waals surface area (Å²) in [6.45, 7) is 4.98. The molecule has 1 unspecified atom stereocenters. The van der Waals surface area contributed by atoms with Gasteiger partial charge in [-0.2, -0.15) is 0 Å². The Bertz CT molecular complexity index is 626. The molecule has 0 N–H and O–H groups in total. The molecule has 1 aromatic rings. The van der Waals surface area contributed by atoms with Gasteiger partial charge in [0.25, 0.3) is 0 Å². The van der Waals surface area contributed by atoms with Crippen molar-refractivity contribution in [3.05, 3.63) is 34.3 Å². The smallest absolute Gasteiger partial charge is 0.309 e. The van der Waals surface area contributed by atoms with Crippen molar-refractivity contribution in [2.24, 2.45) is 5.92 Å². The van der Waals surface area contributed by atoms with Crippen molar-refractivity contribution in [1.82, 2.24) is 9.80 Å². The van der Waals surface area contributed by atoms with Crippen molar-refractivity contribution < 1.29 is 14.3 Å². The monoisotopic (exact) mass is 422 g/mol. The summed E-state index contributed by atoms with van der Waals surface area (Å²) in [6, 6.07) is 8.73. The second-order valence-electron chi connectivity index (χ2n) is 7.09. The molecule has 0 spiro atoms. The second-order valence-corrected chi connectivity index (χ2v) is 8.00. The van der Waals surface area contributed by atoms with Gasteiger partial charge in [0.1, 0.15) is 0 Å². The molecular formula is C20H27BrN2O3. The van der Waals surface area contributed by atoms with Gasteiger partial charge in [0.2, 0.25) is 5.91 Å². The van der Waals surface area contributed by atoms with Gasteiger partial charge in [-0.25, -0.2) is 0 Å². The Kier molecular flexibility index (Phi) is 6.70. The Hall–Kier alpha value is -1.40. The predicted octanol–water partition coefficient (Wildman–Crippen LogP) is 3.39. The van der Waals surface area contributed by atoms with Crippen LogP contribution >= 0.6 is 15.9 Å². The molecule has 2 saturated heterocycles. The fourth-order valence-corrected chi connectivity index (χ4v) is 4.24. The van der Waals surface area contributed by atoms with Gasteiger partial charge in [0.15, 0.2) is 0 Å². The van der Waals surface area contributed by atoms with Crippen LogP contribution in [-0.2, 0) is 14.3 Å². The van der Waals surface area contributed by atoms with E-state index in [1.54, 1.807) is 0 Å². The number of esters is 1. The van der Waals surface area contributed by atoms with E-state index >= 15 is 0 Å². The molecule has 0 aromatic heterocycles. The van der Waals surface area contributed by atoms with Crippen LogP contribution in [0.25, 0.3) is 0 Å². The molecule has 142 valence electrons. The van der Waals surface area contributed by atoms with Crippen LogP contribution in [0.1, 0.15) is 44.2 Å². The lowest BCUT2D eigenvalue weighted by Gasteiger charge is -2.33. The SMILES string of the molecule is CCOC(=O)C1CCN(C(=O)CN2CCCC2c2ccc(Br)cc2)CC1. The summed E-state index contributed by atoms with van der Waals surface area (Å²) < 4.78 is 6.18. The van der Waals surface area contributed by atoms with Crippen LogP contribution in [0, 0.1) is 5.92 Å². The molecule has 1 amide bonds. The summed E-state index contributed by atoms with van der Waals surface area (Å²) >= 11 is 3.48. The number of amides is 1. The first kappa shape index (κ1) is 19.4. The van der Waals surface area contributed by atoms with E-state index < -0.39 is 0 Å². The average molecular weight is 423 g/mol. The van der Waals surface area contributed by atoms with Crippen molar-refractivity contribution in [2.75, 3.05) is 32.8 Å². The molecule has 26 heavy (non-hydrogen) atoms. The molecule has 2 heterocycles. The summed E-state index contributed by atoms with van der Waals surface area (Å²) in [6.07, 6.45) is 3.64. The number of nitrogens with zero attached hydrogens (tertiary/aromatic N) is 2. The van der Waals surface area contributed by atoms with Crippen molar-refractivity contribution in [2.45, 2.75) is 38.6 Å². The molecule has 1 atom stereocenters. The topological polar surface area (TPSA) is 49.9 Å². The fourth-order valence-electron chi connectivity index (χ4n) is 3.98. The average Bonchev–Trinajstić information content (AvgIpc) is 3.11. The molecule has 0 radical (unpaired) electrons. The molecule has 2 aliphatic rings. The number of hydrogen-bond donors (Lipinski definition) is 0. The maximum Gasteiger partial charge on any atom is 0.309 e. The zero-order valence-electron chi connectivity index (χ0n) is 15.3. The van der Waals surface area contributed by atoms with Crippen LogP contribution in [0.15, 0.2) is 28.7 Å². The summed E-state index contributed by atoms with van der Waals surface area (Å²) in [7, 11) is 0. The molecule has 2 fully saturated rings. The Labute approximate surface area is 163 Å². The highest BCUT2D eigenvalue weighted by molar-refractivity contribution is 9.10. The first-order valence-corrected chi connectivity index (χ1v) is 10.3. The van der Waals surface area contributed by atoms with Gasteiger partial charge in [-0.15, -0.1) is 0 Å². The summed E-state index contributed by atoms with van der Waals surface area (Å²) in [5.74, 6) is 0.00654. The first-order valence-electron chi connectivity index (χ1n) is 9.52. The number of likely N-dealkylation sites (tertiary alicyclic amines) is 2. The summed E-state index contributed by atoms with van der Waals surface area (Å²) in [5, 5.41) is 0. The van der Waals surface area contributed by atoms with Crippen LogP contribution in [0.3, 0.4) is 0 Å². The molecule has 2 aliphatic heterocycles. The Balaban J connectivity index is 1.53. The third kappa shape index (κ3) is 4.65. The number of hydrogen-bond acceptors (Lipinski definition) is 4. The largest absolute Gasteiger partial charge is 0.466 e. The second kappa shape index (κ2) is 9.00. The molecular weight excluding hydrogens is 396 g/mol. The van der Waals surface area contributed by atoms with Crippen LogP contribution < -0.4 is 0 Å². The Morgan fingerprint density at radius 1 is 1.12 bits per heavy atom. The number of carbonyl (C=O) groups is 2. The number of carbonyl (C=O) groups excluding carboxylic acids is 2. The minimum Gasteiger partial charge on any atom is -0.466 e. The van der Waals surface area contributed by atoms with Crippen molar-refractivity contribution >= 4 is 27.8 Å². The lowest BCUT2D eigenvalue weighted by atomic mass is 9.97. The molecule has 3 rings (SSSR count). The highest BCUT2D eigenvalue weighted by Crippen LogP contribution is 2.32. The zero-order chi connectivity index (χ0) is 18.5. The van der Waals surface area contributed by atoms with Gasteiger partial charge in [-0.05, 0) is 56.8 Å². The zero-order valence-corrected chi connectivity index (χ0v) is 16.9. The molecule has 0 saturated carbocycles. The molecule has 0 bridgehead atoms. The number of piperidine rings is 1. The lowest BCUT2D eigenvalue weighted by Crippen LogP contribution is -2.45. The molecule has 5 nitrogen and oxygen atoms in total. The van der Waals surface area contributed by atoms with Gasteiger partial charge in [-0.3, -0.25) is 14.5 Å². The number of benzene rings is 1. The van der Waals surface area contributed by atoms with E-state index in [1.165, 1.54) is 5.56 Å². The Morgan fingerprint density at radius 2 is 1.81 bits per heavy atom. The van der Waals surface area contributed by atoms with Crippen molar-refractivity contribution in [3.8, 4) is 0 Å². The summed E-state index contributed by atoms with van der Waals surface area (Å²) in [5.41, 5.74) is 1.28. The van der Waals surface area contributed by atoms with E-state index in [1.807, 2.05) is 11.8 Å². The van der Waals surface area contributed by atoms with Crippen LogP contribution in [0.5, 0.6) is 0 Å². The van der Waals surface area contributed by atoms with Gasteiger partial charge in [-0.1, -0.05) is 28.1 Å².